The van der Waals surface area contributed by atoms with Crippen LogP contribution < -0.4 is 5.32 Å². The normalized spacial score (nSPS) is 33.3. The highest BCUT2D eigenvalue weighted by Gasteiger charge is 2.47. The summed E-state index contributed by atoms with van der Waals surface area (Å²) in [6.07, 6.45) is 3.37. The van der Waals surface area contributed by atoms with Gasteiger partial charge in [0.05, 0.1) is 0 Å². The number of carbonyl (C=O) groups excluding carboxylic acids is 1. The van der Waals surface area contributed by atoms with E-state index in [2.05, 4.69) is 5.32 Å². The molecule has 2 fully saturated rings. The number of rotatable bonds is 3. The average Bonchev–Trinajstić information content (AvgIpc) is 2.74. The first-order valence-corrected chi connectivity index (χ1v) is 5.45. The van der Waals surface area contributed by atoms with E-state index in [1.54, 1.807) is 0 Å². The summed E-state index contributed by atoms with van der Waals surface area (Å²) in [6.45, 7) is 2.89. The van der Waals surface area contributed by atoms with Gasteiger partial charge in [-0.2, -0.15) is 0 Å². The van der Waals surface area contributed by atoms with Gasteiger partial charge in [-0.15, -0.1) is 0 Å². The molecule has 0 aromatic rings. The monoisotopic (exact) mass is 211 g/mol. The van der Waals surface area contributed by atoms with Gasteiger partial charge in [0.2, 0.25) is 5.91 Å². The van der Waals surface area contributed by atoms with Crippen LogP contribution in [0.2, 0.25) is 0 Å². The van der Waals surface area contributed by atoms with Crippen molar-refractivity contribution >= 4 is 11.9 Å². The summed E-state index contributed by atoms with van der Waals surface area (Å²) >= 11 is 0. The molecule has 0 aromatic carbocycles. The van der Waals surface area contributed by atoms with Crippen molar-refractivity contribution in [3.8, 4) is 0 Å². The third-order valence-corrected chi connectivity index (χ3v) is 3.68. The molecule has 2 saturated carbocycles. The molecule has 2 atom stereocenters. The van der Waals surface area contributed by atoms with Crippen molar-refractivity contribution in [2.75, 3.05) is 0 Å². The van der Waals surface area contributed by atoms with E-state index in [1.165, 1.54) is 20.3 Å². The molecule has 4 nitrogen and oxygen atoms in total. The maximum absolute atomic E-state index is 11.7. The Hall–Kier alpha value is -1.06. The number of hydrogen-bond donors (Lipinski definition) is 2. The summed E-state index contributed by atoms with van der Waals surface area (Å²) < 4.78 is 0. The van der Waals surface area contributed by atoms with Crippen LogP contribution in [-0.2, 0) is 9.59 Å². The van der Waals surface area contributed by atoms with Gasteiger partial charge < -0.3 is 10.4 Å². The molecule has 2 rings (SSSR count). The minimum Gasteiger partial charge on any atom is -0.480 e. The Morgan fingerprint density at radius 2 is 1.73 bits per heavy atom. The van der Waals surface area contributed by atoms with Crippen molar-refractivity contribution in [3.05, 3.63) is 0 Å². The van der Waals surface area contributed by atoms with Gasteiger partial charge in [-0.3, -0.25) is 9.59 Å². The van der Waals surface area contributed by atoms with Gasteiger partial charge in [-0.1, -0.05) is 0 Å². The molecule has 0 bridgehead atoms. The molecule has 0 aromatic heterocycles. The van der Waals surface area contributed by atoms with Gasteiger partial charge in [-0.25, -0.2) is 0 Å². The summed E-state index contributed by atoms with van der Waals surface area (Å²) in [4.78, 5) is 22.5. The van der Waals surface area contributed by atoms with Crippen molar-refractivity contribution in [3.63, 3.8) is 0 Å². The molecule has 1 amide bonds. The summed E-state index contributed by atoms with van der Waals surface area (Å²) in [7, 11) is 0. The fourth-order valence-corrected chi connectivity index (χ4v) is 2.30. The number of aliphatic carboxylic acids is 1. The minimum atomic E-state index is -1.31. The predicted octanol–water partition coefficient (Wildman–Crippen LogP) is 1.01. The van der Waals surface area contributed by atoms with Crippen molar-refractivity contribution in [2.45, 2.75) is 39.2 Å². The number of hydrogen-bond acceptors (Lipinski definition) is 2. The second-order valence-electron chi connectivity index (χ2n) is 5.33. The highest BCUT2D eigenvalue weighted by molar-refractivity contribution is 6.01. The third-order valence-electron chi connectivity index (χ3n) is 3.68. The van der Waals surface area contributed by atoms with Gasteiger partial charge in [0.15, 0.2) is 0 Å². The molecule has 2 unspecified atom stereocenters. The topological polar surface area (TPSA) is 66.4 Å². The Morgan fingerprint density at radius 1 is 1.20 bits per heavy atom. The van der Waals surface area contributed by atoms with E-state index >= 15 is 0 Å². The van der Waals surface area contributed by atoms with Gasteiger partial charge in [0.1, 0.15) is 5.41 Å². The highest BCUT2D eigenvalue weighted by Crippen LogP contribution is 2.51. The largest absolute Gasteiger partial charge is 0.480 e. The lowest BCUT2D eigenvalue weighted by molar-refractivity contribution is -0.153. The molecule has 2 N–H and O–H groups in total. The smallest absolute Gasteiger partial charge is 0.318 e. The standard InChI is InChI=1S/C11H17NO3/c1-11(2,10(14)15)9(13)12-8-4-6-3-7(6)5-8/h6-8H,3-5H2,1-2H3,(H,12,13)(H,14,15). The number of carboxylic acids is 1. The van der Waals surface area contributed by atoms with E-state index in [9.17, 15) is 9.59 Å². The van der Waals surface area contributed by atoms with Gasteiger partial charge in [0, 0.05) is 6.04 Å². The molecule has 15 heavy (non-hydrogen) atoms. The maximum Gasteiger partial charge on any atom is 0.318 e. The Labute approximate surface area is 89.0 Å². The summed E-state index contributed by atoms with van der Waals surface area (Å²) in [5, 5.41) is 11.7. The van der Waals surface area contributed by atoms with Crippen LogP contribution >= 0.6 is 0 Å². The van der Waals surface area contributed by atoms with E-state index < -0.39 is 11.4 Å². The Bertz CT molecular complexity index is 301. The second-order valence-corrected chi connectivity index (χ2v) is 5.33. The minimum absolute atomic E-state index is 0.208. The zero-order valence-corrected chi connectivity index (χ0v) is 9.12. The summed E-state index contributed by atoms with van der Waals surface area (Å²) in [6, 6.07) is 0.208. The van der Waals surface area contributed by atoms with E-state index in [0.717, 1.165) is 24.7 Å². The number of carbonyl (C=O) groups is 2. The molecule has 4 heteroatoms. The lowest BCUT2D eigenvalue weighted by atomic mass is 9.92. The molecule has 2 aliphatic carbocycles. The molecular weight excluding hydrogens is 194 g/mol. The predicted molar refractivity (Wildman–Crippen MR) is 54.2 cm³/mol. The quantitative estimate of drug-likeness (QED) is 0.685. The zero-order chi connectivity index (χ0) is 11.2. The maximum atomic E-state index is 11.7. The van der Waals surface area contributed by atoms with Crippen LogP contribution in [0.5, 0.6) is 0 Å². The zero-order valence-electron chi connectivity index (χ0n) is 9.12. The fourth-order valence-electron chi connectivity index (χ4n) is 2.30. The van der Waals surface area contributed by atoms with Crippen LogP contribution in [-0.4, -0.2) is 23.0 Å². The Kier molecular flexibility index (Phi) is 2.24. The van der Waals surface area contributed by atoms with Gasteiger partial charge in [-0.05, 0) is 44.9 Å². The summed E-state index contributed by atoms with van der Waals surface area (Å²) in [5.74, 6) is 0.163. The van der Waals surface area contributed by atoms with Crippen LogP contribution in [0.15, 0.2) is 0 Å². The number of nitrogens with one attached hydrogen (secondary N) is 1. The highest BCUT2D eigenvalue weighted by atomic mass is 16.4. The number of fused-ring (bicyclic) bond motifs is 1. The summed E-state index contributed by atoms with van der Waals surface area (Å²) in [5.41, 5.74) is -1.31. The Morgan fingerprint density at radius 3 is 2.20 bits per heavy atom. The molecule has 2 aliphatic rings. The molecule has 0 aliphatic heterocycles. The number of amides is 1. The molecule has 0 saturated heterocycles. The fraction of sp³-hybridized carbons (Fsp3) is 0.818. The first kappa shape index (κ1) is 10.5. The average molecular weight is 211 g/mol. The molecule has 0 radical (unpaired) electrons. The van der Waals surface area contributed by atoms with E-state index in [0.29, 0.717) is 0 Å². The SMILES string of the molecule is CC(C)(C(=O)O)C(=O)NC1CC2CC2C1. The van der Waals surface area contributed by atoms with Gasteiger partial charge >= 0.3 is 5.97 Å². The van der Waals surface area contributed by atoms with Gasteiger partial charge in [0.25, 0.3) is 0 Å². The molecule has 0 heterocycles. The lowest BCUT2D eigenvalue weighted by Crippen LogP contribution is -2.46. The lowest BCUT2D eigenvalue weighted by Gasteiger charge is -2.22. The molecular formula is C11H17NO3. The van der Waals surface area contributed by atoms with E-state index in [1.807, 2.05) is 0 Å². The Balaban J connectivity index is 1.89. The first-order chi connectivity index (χ1) is 6.91. The molecule has 84 valence electrons. The number of carboxylic acid groups (broad SMARTS) is 1. The van der Waals surface area contributed by atoms with Crippen LogP contribution in [0.25, 0.3) is 0 Å². The van der Waals surface area contributed by atoms with Crippen molar-refractivity contribution in [2.24, 2.45) is 17.3 Å². The van der Waals surface area contributed by atoms with Crippen molar-refractivity contribution in [1.29, 1.82) is 0 Å². The van der Waals surface area contributed by atoms with E-state index in [-0.39, 0.29) is 11.9 Å². The van der Waals surface area contributed by atoms with Crippen LogP contribution in [0.3, 0.4) is 0 Å². The molecule has 0 spiro atoms. The van der Waals surface area contributed by atoms with Crippen molar-refractivity contribution in [1.82, 2.24) is 5.32 Å². The second kappa shape index (κ2) is 3.22. The van der Waals surface area contributed by atoms with Crippen LogP contribution in [0.4, 0.5) is 0 Å². The van der Waals surface area contributed by atoms with Crippen molar-refractivity contribution < 1.29 is 14.7 Å². The first-order valence-electron chi connectivity index (χ1n) is 5.45. The van der Waals surface area contributed by atoms with E-state index in [4.69, 9.17) is 5.11 Å². The third kappa shape index (κ3) is 1.85. The van der Waals surface area contributed by atoms with Crippen LogP contribution in [0.1, 0.15) is 33.1 Å². The van der Waals surface area contributed by atoms with Crippen LogP contribution in [0, 0.1) is 17.3 Å².